The summed E-state index contributed by atoms with van der Waals surface area (Å²) in [6, 6.07) is 0. The first kappa shape index (κ1) is 7.00. The third-order valence-corrected chi connectivity index (χ3v) is 1.86. The molecule has 0 aliphatic carbocycles. The molecule has 1 aliphatic heterocycles. The fraction of sp³-hybridized carbons (Fsp3) is 1.00. The molecule has 0 unspecified atom stereocenters. The first-order chi connectivity index (χ1) is 4.27. The van der Waals surface area contributed by atoms with Gasteiger partial charge in [0, 0.05) is 13.1 Å². The lowest BCUT2D eigenvalue weighted by Crippen LogP contribution is -2.56. The quantitative estimate of drug-likeness (QED) is 0.612. The van der Waals surface area contributed by atoms with Crippen LogP contribution in [-0.2, 0) is 0 Å². The summed E-state index contributed by atoms with van der Waals surface area (Å²) in [7, 11) is 0. The zero-order valence-electron chi connectivity index (χ0n) is 5.91. The molecule has 0 radical (unpaired) electrons. The molecule has 1 aliphatic rings. The minimum atomic E-state index is -0.837. The van der Waals surface area contributed by atoms with Gasteiger partial charge in [0.15, 0.2) is 0 Å². The second kappa shape index (κ2) is 2.65. The summed E-state index contributed by atoms with van der Waals surface area (Å²) in [5, 5.41) is 2.94. The van der Waals surface area contributed by atoms with Crippen molar-refractivity contribution >= 4 is 0 Å². The molecular weight excluding hydrogens is 117 g/mol. The smallest absolute Gasteiger partial charge is 0.135 e. The zero-order chi connectivity index (χ0) is 6.74. The monoisotopic (exact) mass is 131 g/mol. The van der Waals surface area contributed by atoms with E-state index in [4.69, 9.17) is 0 Å². The van der Waals surface area contributed by atoms with Crippen molar-refractivity contribution in [2.45, 2.75) is 31.9 Å². The molecule has 1 saturated heterocycles. The minimum Gasteiger partial charge on any atom is -0.310 e. The van der Waals surface area contributed by atoms with E-state index in [0.717, 1.165) is 19.3 Å². The molecule has 1 rings (SSSR count). The number of alkyl halides is 1. The van der Waals surface area contributed by atoms with Crippen molar-refractivity contribution in [1.82, 2.24) is 5.32 Å². The molecule has 0 aromatic heterocycles. The van der Waals surface area contributed by atoms with Crippen LogP contribution in [0.25, 0.3) is 0 Å². The van der Waals surface area contributed by atoms with E-state index in [1.165, 1.54) is 0 Å². The molecule has 2 heteroatoms. The topological polar surface area (TPSA) is 12.0 Å². The molecule has 0 atom stereocenters. The highest BCUT2D eigenvalue weighted by Crippen LogP contribution is 2.22. The molecular formula is C7H14FN. The number of nitrogens with one attached hydrogen (secondary N) is 1. The molecule has 0 bridgehead atoms. The maximum Gasteiger partial charge on any atom is 0.135 e. The van der Waals surface area contributed by atoms with E-state index in [2.05, 4.69) is 12.2 Å². The van der Waals surface area contributed by atoms with E-state index in [9.17, 15) is 4.39 Å². The van der Waals surface area contributed by atoms with Gasteiger partial charge in [-0.2, -0.15) is 0 Å². The van der Waals surface area contributed by atoms with Gasteiger partial charge < -0.3 is 5.32 Å². The van der Waals surface area contributed by atoms with Gasteiger partial charge in [0.2, 0.25) is 0 Å². The van der Waals surface area contributed by atoms with E-state index >= 15 is 0 Å². The summed E-state index contributed by atoms with van der Waals surface area (Å²) in [4.78, 5) is 0. The summed E-state index contributed by atoms with van der Waals surface area (Å²) in [5.74, 6) is 0. The number of rotatable bonds is 3. The standard InChI is InChI=1S/C7H14FN/c1-2-3-4-7(8)5-9-6-7/h9H,2-6H2,1H3. The Morgan fingerprint density at radius 3 is 2.56 bits per heavy atom. The lowest BCUT2D eigenvalue weighted by Gasteiger charge is -2.34. The molecule has 54 valence electrons. The Morgan fingerprint density at radius 2 is 2.22 bits per heavy atom. The molecule has 9 heavy (non-hydrogen) atoms. The van der Waals surface area contributed by atoms with Gasteiger partial charge in [-0.25, -0.2) is 4.39 Å². The van der Waals surface area contributed by atoms with E-state index in [0.29, 0.717) is 13.1 Å². The Balaban J connectivity index is 2.09. The fourth-order valence-corrected chi connectivity index (χ4v) is 1.07. The average molecular weight is 131 g/mol. The molecule has 0 aromatic rings. The van der Waals surface area contributed by atoms with Gasteiger partial charge in [0.05, 0.1) is 0 Å². The number of hydrogen-bond donors (Lipinski definition) is 1. The molecule has 0 spiro atoms. The van der Waals surface area contributed by atoms with Crippen molar-refractivity contribution in [3.05, 3.63) is 0 Å². The number of hydrogen-bond acceptors (Lipinski definition) is 1. The Labute approximate surface area is 55.6 Å². The van der Waals surface area contributed by atoms with Gasteiger partial charge in [0.1, 0.15) is 5.67 Å². The second-order valence-electron chi connectivity index (χ2n) is 2.86. The highest BCUT2D eigenvalue weighted by Gasteiger charge is 2.35. The van der Waals surface area contributed by atoms with Crippen molar-refractivity contribution in [2.75, 3.05) is 13.1 Å². The third kappa shape index (κ3) is 1.65. The normalized spacial score (nSPS) is 23.3. The van der Waals surface area contributed by atoms with Crippen LogP contribution in [0.2, 0.25) is 0 Å². The van der Waals surface area contributed by atoms with E-state index in [1.54, 1.807) is 0 Å². The summed E-state index contributed by atoms with van der Waals surface area (Å²) < 4.78 is 13.0. The molecule has 1 nitrogen and oxygen atoms in total. The van der Waals surface area contributed by atoms with Gasteiger partial charge >= 0.3 is 0 Å². The zero-order valence-corrected chi connectivity index (χ0v) is 5.91. The van der Waals surface area contributed by atoms with Gasteiger partial charge in [-0.3, -0.25) is 0 Å². The van der Waals surface area contributed by atoms with Crippen LogP contribution < -0.4 is 5.32 Å². The Hall–Kier alpha value is -0.110. The number of halogens is 1. The molecule has 1 fully saturated rings. The van der Waals surface area contributed by atoms with Crippen LogP contribution in [0, 0.1) is 0 Å². The fourth-order valence-electron chi connectivity index (χ4n) is 1.07. The molecule has 0 amide bonds. The Kier molecular flexibility index (Phi) is 2.06. The lowest BCUT2D eigenvalue weighted by molar-refractivity contribution is 0.0779. The van der Waals surface area contributed by atoms with Gasteiger partial charge in [-0.15, -0.1) is 0 Å². The van der Waals surface area contributed by atoms with Crippen LogP contribution in [0.1, 0.15) is 26.2 Å². The first-order valence-corrected chi connectivity index (χ1v) is 3.66. The van der Waals surface area contributed by atoms with Crippen molar-refractivity contribution in [3.63, 3.8) is 0 Å². The third-order valence-electron chi connectivity index (χ3n) is 1.86. The minimum absolute atomic E-state index is 0.576. The SMILES string of the molecule is CCCCC1(F)CNC1. The Morgan fingerprint density at radius 1 is 1.56 bits per heavy atom. The average Bonchev–Trinajstić information content (AvgIpc) is 1.79. The van der Waals surface area contributed by atoms with Crippen LogP contribution in [0.4, 0.5) is 4.39 Å². The van der Waals surface area contributed by atoms with Crippen LogP contribution >= 0.6 is 0 Å². The summed E-state index contributed by atoms with van der Waals surface area (Å²) in [6.45, 7) is 3.25. The largest absolute Gasteiger partial charge is 0.310 e. The van der Waals surface area contributed by atoms with Crippen molar-refractivity contribution in [1.29, 1.82) is 0 Å². The number of unbranched alkanes of at least 4 members (excludes halogenated alkanes) is 1. The van der Waals surface area contributed by atoms with Gasteiger partial charge in [-0.05, 0) is 6.42 Å². The van der Waals surface area contributed by atoms with Gasteiger partial charge in [-0.1, -0.05) is 19.8 Å². The summed E-state index contributed by atoms with van der Waals surface area (Å²) in [5.41, 5.74) is -0.837. The molecule has 1 N–H and O–H groups in total. The van der Waals surface area contributed by atoms with E-state index in [1.807, 2.05) is 0 Å². The predicted octanol–water partition coefficient (Wildman–Crippen LogP) is 1.49. The van der Waals surface area contributed by atoms with Gasteiger partial charge in [0.25, 0.3) is 0 Å². The van der Waals surface area contributed by atoms with Crippen LogP contribution in [0.3, 0.4) is 0 Å². The van der Waals surface area contributed by atoms with E-state index in [-0.39, 0.29) is 0 Å². The van der Waals surface area contributed by atoms with Crippen molar-refractivity contribution in [2.24, 2.45) is 0 Å². The van der Waals surface area contributed by atoms with E-state index < -0.39 is 5.67 Å². The molecule has 0 saturated carbocycles. The predicted molar refractivity (Wildman–Crippen MR) is 36.2 cm³/mol. The molecule has 0 aromatic carbocycles. The first-order valence-electron chi connectivity index (χ1n) is 3.66. The highest BCUT2D eigenvalue weighted by atomic mass is 19.1. The van der Waals surface area contributed by atoms with Crippen molar-refractivity contribution in [3.8, 4) is 0 Å². The maximum atomic E-state index is 13.0. The second-order valence-corrected chi connectivity index (χ2v) is 2.86. The van der Waals surface area contributed by atoms with Crippen LogP contribution in [0.15, 0.2) is 0 Å². The van der Waals surface area contributed by atoms with Crippen molar-refractivity contribution < 1.29 is 4.39 Å². The molecule has 1 heterocycles. The Bertz CT molecular complexity index is 88.9. The summed E-state index contributed by atoms with van der Waals surface area (Å²) in [6.07, 6.45) is 2.88. The maximum absolute atomic E-state index is 13.0. The van der Waals surface area contributed by atoms with Crippen LogP contribution in [0.5, 0.6) is 0 Å². The highest BCUT2D eigenvalue weighted by molar-refractivity contribution is 4.92. The lowest BCUT2D eigenvalue weighted by atomic mass is 9.93. The summed E-state index contributed by atoms with van der Waals surface area (Å²) >= 11 is 0. The van der Waals surface area contributed by atoms with Crippen LogP contribution in [-0.4, -0.2) is 18.8 Å².